The summed E-state index contributed by atoms with van der Waals surface area (Å²) in [6.07, 6.45) is 3.03. The molecule has 28 heavy (non-hydrogen) atoms. The van der Waals surface area contributed by atoms with Crippen molar-refractivity contribution in [3.8, 4) is 0 Å². The summed E-state index contributed by atoms with van der Waals surface area (Å²) in [5.41, 5.74) is 4.35. The van der Waals surface area contributed by atoms with Gasteiger partial charge in [-0.05, 0) is 38.5 Å². The minimum atomic E-state index is -0.276. The van der Waals surface area contributed by atoms with E-state index < -0.39 is 0 Å². The van der Waals surface area contributed by atoms with Crippen molar-refractivity contribution in [2.24, 2.45) is 0 Å². The summed E-state index contributed by atoms with van der Waals surface area (Å²) in [6.45, 7) is 8.67. The van der Waals surface area contributed by atoms with E-state index in [2.05, 4.69) is 15.2 Å². The standard InChI is InChI=1S/C21H26N4O3/c1-4-28-21(27)25-9-7-24(8-10-25)18-12-17(13-22-14-18)20(26)23-19-6-5-15(2)11-16(19)3/h5-6,11-14H,4,7-10H2,1-3H3,(H,23,26). The fourth-order valence-corrected chi connectivity index (χ4v) is 3.24. The number of pyridine rings is 1. The highest BCUT2D eigenvalue weighted by molar-refractivity contribution is 6.05. The zero-order chi connectivity index (χ0) is 20.1. The first-order chi connectivity index (χ1) is 13.5. The Kier molecular flexibility index (Phi) is 6.13. The zero-order valence-corrected chi connectivity index (χ0v) is 16.6. The highest BCUT2D eigenvalue weighted by Crippen LogP contribution is 2.20. The lowest BCUT2D eigenvalue weighted by Crippen LogP contribution is -2.49. The summed E-state index contributed by atoms with van der Waals surface area (Å²) >= 11 is 0. The Hall–Kier alpha value is -3.09. The average molecular weight is 382 g/mol. The van der Waals surface area contributed by atoms with Crippen LogP contribution in [-0.2, 0) is 4.74 Å². The molecule has 0 aliphatic carbocycles. The lowest BCUT2D eigenvalue weighted by atomic mass is 10.1. The van der Waals surface area contributed by atoms with Crippen LogP contribution >= 0.6 is 0 Å². The van der Waals surface area contributed by atoms with Crippen LogP contribution in [0.25, 0.3) is 0 Å². The van der Waals surface area contributed by atoms with Crippen LogP contribution in [0.2, 0.25) is 0 Å². The molecule has 0 atom stereocenters. The van der Waals surface area contributed by atoms with Gasteiger partial charge in [0.15, 0.2) is 0 Å². The van der Waals surface area contributed by atoms with E-state index in [1.165, 1.54) is 0 Å². The van der Waals surface area contributed by atoms with Gasteiger partial charge in [0.2, 0.25) is 0 Å². The van der Waals surface area contributed by atoms with Crippen molar-refractivity contribution < 1.29 is 14.3 Å². The van der Waals surface area contributed by atoms with Crippen LogP contribution in [0.5, 0.6) is 0 Å². The quantitative estimate of drug-likeness (QED) is 0.879. The molecule has 1 N–H and O–H groups in total. The van der Waals surface area contributed by atoms with E-state index in [-0.39, 0.29) is 12.0 Å². The van der Waals surface area contributed by atoms with E-state index in [4.69, 9.17) is 4.74 Å². The molecule has 0 radical (unpaired) electrons. The van der Waals surface area contributed by atoms with Gasteiger partial charge in [-0.15, -0.1) is 0 Å². The molecule has 1 fully saturated rings. The van der Waals surface area contributed by atoms with Crippen LogP contribution in [0.3, 0.4) is 0 Å². The number of piperazine rings is 1. The predicted octanol–water partition coefficient (Wildman–Crippen LogP) is 3.23. The normalized spacial score (nSPS) is 14.0. The second kappa shape index (κ2) is 8.73. The molecular formula is C21H26N4O3. The van der Waals surface area contributed by atoms with Crippen LogP contribution in [0.1, 0.15) is 28.4 Å². The van der Waals surface area contributed by atoms with E-state index in [1.54, 1.807) is 24.2 Å². The molecule has 0 spiro atoms. The van der Waals surface area contributed by atoms with Crippen LogP contribution in [0.15, 0.2) is 36.7 Å². The number of aryl methyl sites for hydroxylation is 2. The zero-order valence-electron chi connectivity index (χ0n) is 16.6. The van der Waals surface area contributed by atoms with Crippen LogP contribution in [-0.4, -0.2) is 54.7 Å². The van der Waals surface area contributed by atoms with Gasteiger partial charge < -0.3 is 19.9 Å². The summed E-state index contributed by atoms with van der Waals surface area (Å²) in [7, 11) is 0. The molecule has 0 unspecified atom stereocenters. The molecule has 1 aliphatic rings. The highest BCUT2D eigenvalue weighted by Gasteiger charge is 2.22. The molecule has 1 aromatic heterocycles. The molecular weight excluding hydrogens is 356 g/mol. The molecule has 2 heterocycles. The lowest BCUT2D eigenvalue weighted by molar-refractivity contribution is 0.102. The number of amides is 2. The average Bonchev–Trinajstić information content (AvgIpc) is 2.70. The number of anilines is 2. The first-order valence-electron chi connectivity index (χ1n) is 9.48. The number of carbonyl (C=O) groups excluding carboxylic acids is 2. The number of aromatic nitrogens is 1. The monoisotopic (exact) mass is 382 g/mol. The number of benzene rings is 1. The predicted molar refractivity (Wildman–Crippen MR) is 109 cm³/mol. The van der Waals surface area contributed by atoms with Crippen LogP contribution in [0, 0.1) is 13.8 Å². The Labute approximate surface area is 165 Å². The third kappa shape index (κ3) is 4.60. The van der Waals surface area contributed by atoms with Gasteiger partial charge in [0.05, 0.1) is 24.1 Å². The number of hydrogen-bond donors (Lipinski definition) is 1. The SMILES string of the molecule is CCOC(=O)N1CCN(c2cncc(C(=O)Nc3ccc(C)cc3C)c2)CC1. The Morgan fingerprint density at radius 1 is 1.11 bits per heavy atom. The van der Waals surface area contributed by atoms with Gasteiger partial charge in [-0.3, -0.25) is 9.78 Å². The number of carbonyl (C=O) groups is 2. The summed E-state index contributed by atoms with van der Waals surface area (Å²) in [4.78, 5) is 32.5. The maximum atomic E-state index is 12.7. The second-order valence-electron chi connectivity index (χ2n) is 6.88. The molecule has 7 nitrogen and oxygen atoms in total. The van der Waals surface area contributed by atoms with Crippen molar-refractivity contribution in [2.75, 3.05) is 43.0 Å². The molecule has 7 heteroatoms. The van der Waals surface area contributed by atoms with Crippen molar-refractivity contribution in [1.29, 1.82) is 0 Å². The molecule has 3 rings (SSSR count). The minimum Gasteiger partial charge on any atom is -0.450 e. The fraction of sp³-hybridized carbons (Fsp3) is 0.381. The molecule has 2 amide bonds. The Balaban J connectivity index is 1.65. The second-order valence-corrected chi connectivity index (χ2v) is 6.88. The molecule has 1 aliphatic heterocycles. The third-order valence-corrected chi connectivity index (χ3v) is 4.79. The van der Waals surface area contributed by atoms with Gasteiger partial charge in [-0.25, -0.2) is 4.79 Å². The van der Waals surface area contributed by atoms with E-state index in [1.807, 2.05) is 38.1 Å². The lowest BCUT2D eigenvalue weighted by Gasteiger charge is -2.35. The largest absolute Gasteiger partial charge is 0.450 e. The van der Waals surface area contributed by atoms with E-state index in [9.17, 15) is 9.59 Å². The van der Waals surface area contributed by atoms with Crippen molar-refractivity contribution in [3.63, 3.8) is 0 Å². The number of hydrogen-bond acceptors (Lipinski definition) is 5. The molecule has 1 aromatic carbocycles. The van der Waals surface area contributed by atoms with Crippen LogP contribution in [0.4, 0.5) is 16.2 Å². The van der Waals surface area contributed by atoms with Crippen molar-refractivity contribution in [2.45, 2.75) is 20.8 Å². The van der Waals surface area contributed by atoms with Gasteiger partial charge in [0.25, 0.3) is 5.91 Å². The summed E-state index contributed by atoms with van der Waals surface area (Å²) in [5, 5.41) is 2.95. The third-order valence-electron chi connectivity index (χ3n) is 4.79. The maximum Gasteiger partial charge on any atom is 0.409 e. The van der Waals surface area contributed by atoms with Crippen LogP contribution < -0.4 is 10.2 Å². The first-order valence-corrected chi connectivity index (χ1v) is 9.48. The number of nitrogens with one attached hydrogen (secondary N) is 1. The molecule has 0 bridgehead atoms. The van der Waals surface area contributed by atoms with E-state index >= 15 is 0 Å². The molecule has 148 valence electrons. The van der Waals surface area contributed by atoms with Gasteiger partial charge in [-0.1, -0.05) is 17.7 Å². The number of nitrogens with zero attached hydrogens (tertiary/aromatic N) is 3. The number of ether oxygens (including phenoxy) is 1. The fourth-order valence-electron chi connectivity index (χ4n) is 3.24. The highest BCUT2D eigenvalue weighted by atomic mass is 16.6. The maximum absolute atomic E-state index is 12.7. The smallest absolute Gasteiger partial charge is 0.409 e. The summed E-state index contributed by atoms with van der Waals surface area (Å²) in [5.74, 6) is -0.188. The minimum absolute atomic E-state index is 0.188. The Bertz CT molecular complexity index is 860. The topological polar surface area (TPSA) is 74.8 Å². The van der Waals surface area contributed by atoms with Crippen molar-refractivity contribution in [3.05, 3.63) is 53.3 Å². The number of rotatable bonds is 4. The molecule has 0 saturated carbocycles. The summed E-state index contributed by atoms with van der Waals surface area (Å²) in [6, 6.07) is 7.76. The van der Waals surface area contributed by atoms with Crippen molar-refractivity contribution in [1.82, 2.24) is 9.88 Å². The first kappa shape index (κ1) is 19.7. The van der Waals surface area contributed by atoms with E-state index in [0.717, 1.165) is 22.5 Å². The van der Waals surface area contributed by atoms with Gasteiger partial charge in [0, 0.05) is 38.1 Å². The van der Waals surface area contributed by atoms with Gasteiger partial charge >= 0.3 is 6.09 Å². The molecule has 2 aromatic rings. The van der Waals surface area contributed by atoms with Crippen molar-refractivity contribution >= 4 is 23.4 Å². The van der Waals surface area contributed by atoms with Gasteiger partial charge in [0.1, 0.15) is 0 Å². The van der Waals surface area contributed by atoms with Gasteiger partial charge in [-0.2, -0.15) is 0 Å². The Morgan fingerprint density at radius 2 is 1.86 bits per heavy atom. The summed E-state index contributed by atoms with van der Waals surface area (Å²) < 4.78 is 5.05. The van der Waals surface area contributed by atoms with E-state index in [0.29, 0.717) is 38.3 Å². The Morgan fingerprint density at radius 3 is 2.54 bits per heavy atom. The molecule has 1 saturated heterocycles.